The molecule has 0 saturated carbocycles. The summed E-state index contributed by atoms with van der Waals surface area (Å²) >= 11 is 3.10. The van der Waals surface area contributed by atoms with Crippen molar-refractivity contribution >= 4 is 41.0 Å². The van der Waals surface area contributed by atoms with Gasteiger partial charge >= 0.3 is 0 Å². The average molecular weight is 487 g/mol. The zero-order valence-electron chi connectivity index (χ0n) is 17.7. The quantitative estimate of drug-likeness (QED) is 0.211. The van der Waals surface area contributed by atoms with Crippen LogP contribution in [-0.4, -0.2) is 54.7 Å². The van der Waals surface area contributed by atoms with E-state index in [4.69, 9.17) is 10.5 Å². The summed E-state index contributed by atoms with van der Waals surface area (Å²) in [5.74, 6) is 0.877. The zero-order chi connectivity index (χ0) is 23.4. The molecule has 0 saturated heterocycles. The molecule has 13 nitrogen and oxygen atoms in total. The van der Waals surface area contributed by atoms with Crippen LogP contribution in [-0.2, 0) is 5.75 Å². The largest absolute Gasteiger partial charge is 0.496 e. The number of hydrogen-bond donors (Lipinski definition) is 2. The van der Waals surface area contributed by atoms with E-state index in [0.717, 1.165) is 30.9 Å². The Hall–Kier alpha value is -3.85. The van der Waals surface area contributed by atoms with Crippen LogP contribution in [0, 0.1) is 13.8 Å². The Morgan fingerprint density at radius 2 is 2.18 bits per heavy atom. The van der Waals surface area contributed by atoms with Crippen molar-refractivity contribution in [1.82, 2.24) is 40.9 Å². The third kappa shape index (κ3) is 4.98. The molecule has 0 bridgehead atoms. The highest BCUT2D eigenvalue weighted by Gasteiger charge is 2.22. The molecule has 0 atom stereocenters. The van der Waals surface area contributed by atoms with E-state index >= 15 is 0 Å². The van der Waals surface area contributed by atoms with Crippen molar-refractivity contribution in [1.29, 1.82) is 0 Å². The molecule has 0 radical (unpaired) electrons. The Labute approximate surface area is 195 Å². The number of benzene rings is 1. The number of aryl methyl sites for hydroxylation is 2. The summed E-state index contributed by atoms with van der Waals surface area (Å²) in [6, 6.07) is 5.60. The highest BCUT2D eigenvalue weighted by molar-refractivity contribution is 8.00. The number of rotatable bonds is 8. The summed E-state index contributed by atoms with van der Waals surface area (Å²) in [5.41, 5.74) is 10.3. The number of hydrogen-bond acceptors (Lipinski definition) is 13. The Morgan fingerprint density at radius 1 is 1.33 bits per heavy atom. The van der Waals surface area contributed by atoms with Crippen LogP contribution in [0.25, 0.3) is 5.82 Å². The summed E-state index contributed by atoms with van der Waals surface area (Å²) in [6.45, 7) is 3.54. The van der Waals surface area contributed by atoms with Crippen LogP contribution in [0.3, 0.4) is 0 Å². The van der Waals surface area contributed by atoms with Crippen LogP contribution in [0.2, 0.25) is 0 Å². The topological polar surface area (TPSA) is 172 Å². The van der Waals surface area contributed by atoms with Gasteiger partial charge in [-0.3, -0.25) is 4.79 Å². The Balaban J connectivity index is 1.47. The van der Waals surface area contributed by atoms with Gasteiger partial charge in [-0.15, -0.1) is 15.3 Å². The first-order valence-corrected chi connectivity index (χ1v) is 11.2. The molecule has 0 aliphatic rings. The number of aromatic nitrogens is 7. The number of amides is 1. The molecule has 3 N–H and O–H groups in total. The fourth-order valence-electron chi connectivity index (χ4n) is 2.79. The van der Waals surface area contributed by atoms with Gasteiger partial charge in [0.25, 0.3) is 5.91 Å². The van der Waals surface area contributed by atoms with Crippen molar-refractivity contribution in [2.45, 2.75) is 23.9 Å². The van der Waals surface area contributed by atoms with Gasteiger partial charge in [0.15, 0.2) is 10.0 Å². The fraction of sp³-hybridized carbons (Fsp3) is 0.222. The molecule has 0 fully saturated rings. The van der Waals surface area contributed by atoms with Crippen LogP contribution in [0.1, 0.15) is 32.3 Å². The van der Waals surface area contributed by atoms with E-state index in [1.807, 2.05) is 25.1 Å². The van der Waals surface area contributed by atoms with Crippen molar-refractivity contribution in [3.8, 4) is 11.6 Å². The molecule has 0 unspecified atom stereocenters. The lowest BCUT2D eigenvalue weighted by molar-refractivity contribution is 0.0946. The van der Waals surface area contributed by atoms with Gasteiger partial charge < -0.3 is 10.5 Å². The molecular formula is C18H18N10O3S2. The maximum Gasteiger partial charge on any atom is 0.292 e. The van der Waals surface area contributed by atoms with Crippen molar-refractivity contribution in [2.24, 2.45) is 5.10 Å². The summed E-state index contributed by atoms with van der Waals surface area (Å²) in [5, 5.41) is 28.0. The first-order valence-electron chi connectivity index (χ1n) is 9.40. The molecule has 33 heavy (non-hydrogen) atoms. The van der Waals surface area contributed by atoms with Crippen molar-refractivity contribution < 1.29 is 14.2 Å². The number of hydrazone groups is 1. The van der Waals surface area contributed by atoms with Crippen LogP contribution in [0.4, 0.5) is 5.82 Å². The smallest absolute Gasteiger partial charge is 0.292 e. The Morgan fingerprint density at radius 3 is 2.88 bits per heavy atom. The molecule has 0 aliphatic heterocycles. The van der Waals surface area contributed by atoms with E-state index < -0.39 is 5.91 Å². The van der Waals surface area contributed by atoms with E-state index in [2.05, 4.69) is 46.0 Å². The van der Waals surface area contributed by atoms with E-state index in [-0.39, 0.29) is 17.3 Å². The van der Waals surface area contributed by atoms with E-state index in [1.54, 1.807) is 25.8 Å². The number of carbonyl (C=O) groups is 1. The van der Waals surface area contributed by atoms with Crippen LogP contribution >= 0.6 is 23.1 Å². The van der Waals surface area contributed by atoms with Crippen LogP contribution in [0.15, 0.2) is 32.3 Å². The van der Waals surface area contributed by atoms with Gasteiger partial charge in [0.05, 0.1) is 19.0 Å². The van der Waals surface area contributed by atoms with Gasteiger partial charge in [0.2, 0.25) is 11.6 Å². The molecular weight excluding hydrogens is 468 g/mol. The lowest BCUT2D eigenvalue weighted by atomic mass is 10.1. The maximum absolute atomic E-state index is 12.7. The Bertz CT molecular complexity index is 1310. The monoisotopic (exact) mass is 486 g/mol. The van der Waals surface area contributed by atoms with Gasteiger partial charge in [-0.25, -0.2) is 10.1 Å². The normalized spacial score (nSPS) is 11.2. The van der Waals surface area contributed by atoms with E-state index in [1.165, 1.54) is 17.6 Å². The van der Waals surface area contributed by atoms with Crippen LogP contribution in [0.5, 0.6) is 5.75 Å². The lowest BCUT2D eigenvalue weighted by Gasteiger charge is -2.08. The van der Waals surface area contributed by atoms with Crippen molar-refractivity contribution in [3.05, 3.63) is 45.7 Å². The van der Waals surface area contributed by atoms with Gasteiger partial charge in [-0.05, 0) is 47.9 Å². The van der Waals surface area contributed by atoms with Crippen molar-refractivity contribution in [3.63, 3.8) is 0 Å². The van der Waals surface area contributed by atoms with Crippen LogP contribution < -0.4 is 15.9 Å². The molecule has 170 valence electrons. The first kappa shape index (κ1) is 22.3. The maximum atomic E-state index is 12.7. The van der Waals surface area contributed by atoms with Gasteiger partial charge in [0, 0.05) is 11.3 Å². The highest BCUT2D eigenvalue weighted by Crippen LogP contribution is 2.30. The minimum absolute atomic E-state index is 0.0234. The zero-order valence-corrected chi connectivity index (χ0v) is 19.3. The SMILES string of the molecule is COc1ccc(/C=N/NC(=O)c2c(C)nnn2-c2nonc2N)cc1CSc1nnc(C)s1. The molecule has 4 rings (SSSR count). The number of nitrogens with one attached hydrogen (secondary N) is 1. The summed E-state index contributed by atoms with van der Waals surface area (Å²) in [4.78, 5) is 12.7. The number of nitrogens with zero attached hydrogens (tertiary/aromatic N) is 8. The molecule has 3 heterocycles. The molecule has 1 aromatic carbocycles. The first-order chi connectivity index (χ1) is 16.0. The van der Waals surface area contributed by atoms with E-state index in [0.29, 0.717) is 11.4 Å². The van der Waals surface area contributed by atoms with Gasteiger partial charge in [-0.2, -0.15) is 9.78 Å². The second-order valence-electron chi connectivity index (χ2n) is 6.55. The highest BCUT2D eigenvalue weighted by atomic mass is 32.2. The average Bonchev–Trinajstić information content (AvgIpc) is 3.52. The van der Waals surface area contributed by atoms with Gasteiger partial charge in [0.1, 0.15) is 10.8 Å². The summed E-state index contributed by atoms with van der Waals surface area (Å²) in [7, 11) is 1.61. The molecule has 3 aromatic heterocycles. The summed E-state index contributed by atoms with van der Waals surface area (Å²) in [6.07, 6.45) is 1.52. The third-order valence-corrected chi connectivity index (χ3v) is 6.31. The molecule has 15 heteroatoms. The lowest BCUT2D eigenvalue weighted by Crippen LogP contribution is -2.22. The standard InChI is InChI=1S/C18H18N10O3S2/c1-9-14(28(27-21-9)16-15(19)25-31-26-16)17(29)23-20-7-11-4-5-13(30-3)12(6-11)8-32-18-24-22-10(2)33-18/h4-7H,8H2,1-3H3,(H2,19,25)(H,23,29)/b20-7+. The fourth-order valence-corrected chi connectivity index (χ4v) is 4.58. The molecule has 0 spiro atoms. The number of methoxy groups -OCH3 is 1. The minimum atomic E-state index is -0.549. The second-order valence-corrected chi connectivity index (χ2v) is 8.96. The molecule has 0 aliphatic carbocycles. The number of nitrogen functional groups attached to an aromatic ring is 1. The third-order valence-electron chi connectivity index (χ3n) is 4.29. The molecule has 1 amide bonds. The summed E-state index contributed by atoms with van der Waals surface area (Å²) < 4.78 is 12.0. The number of carbonyl (C=O) groups excluding carboxylic acids is 1. The second kappa shape index (κ2) is 9.74. The molecule has 4 aromatic rings. The number of ether oxygens (including phenoxy) is 1. The predicted molar refractivity (Wildman–Crippen MR) is 121 cm³/mol. The Kier molecular flexibility index (Phi) is 6.60. The predicted octanol–water partition coefficient (Wildman–Crippen LogP) is 1.77. The number of anilines is 1. The van der Waals surface area contributed by atoms with Gasteiger partial charge in [-0.1, -0.05) is 28.3 Å². The van der Waals surface area contributed by atoms with E-state index in [9.17, 15) is 4.79 Å². The minimum Gasteiger partial charge on any atom is -0.496 e. The number of thioether (sulfide) groups is 1. The van der Waals surface area contributed by atoms with Crippen molar-refractivity contribution in [2.75, 3.05) is 12.8 Å². The number of nitrogens with two attached hydrogens (primary N) is 1.